The number of nitroso groups, excluding NO2 is 1. The number of aliphatic imine (C=N–C) groups is 1. The SMILES string of the molecule is Cc1c(NC(=O)c2ccc(C(C)(C)C)cc2)cccc1C1=CCC(C)C(=O)C(Nc2ccc(C3CCC(N=O)CC3)c(N)c2)=N1. The molecule has 1 amide bonds. The Hall–Kier alpha value is -4.59. The summed E-state index contributed by atoms with van der Waals surface area (Å²) in [5, 5.41) is 9.52. The number of anilines is 3. The van der Waals surface area contributed by atoms with E-state index in [0.717, 1.165) is 47.9 Å². The number of hydrogen-bond donors (Lipinski definition) is 3. The summed E-state index contributed by atoms with van der Waals surface area (Å²) in [6.45, 7) is 10.3. The molecule has 3 aromatic carbocycles. The Balaban J connectivity index is 1.36. The number of benzene rings is 3. The van der Waals surface area contributed by atoms with Gasteiger partial charge in [-0.2, -0.15) is 4.91 Å². The maximum atomic E-state index is 13.4. The van der Waals surface area contributed by atoms with Gasteiger partial charge in [0, 0.05) is 34.1 Å². The summed E-state index contributed by atoms with van der Waals surface area (Å²) in [5.41, 5.74) is 13.7. The minimum Gasteiger partial charge on any atom is -0.398 e. The largest absolute Gasteiger partial charge is 0.398 e. The number of Topliss-reactive ketones (excluding diaryl/α,β-unsaturated/α-hetero) is 1. The number of nitrogens with two attached hydrogens (primary N) is 1. The molecule has 0 radical (unpaired) electrons. The molecule has 0 bridgehead atoms. The van der Waals surface area contributed by atoms with Crippen LogP contribution in [-0.4, -0.2) is 23.6 Å². The van der Waals surface area contributed by atoms with Crippen molar-refractivity contribution in [3.8, 4) is 0 Å². The predicted molar refractivity (Wildman–Crippen MR) is 184 cm³/mol. The lowest BCUT2D eigenvalue weighted by atomic mass is 9.81. The molecule has 234 valence electrons. The Morgan fingerprint density at radius 3 is 2.36 bits per heavy atom. The second-order valence-corrected chi connectivity index (χ2v) is 13.4. The van der Waals surface area contributed by atoms with Crippen molar-refractivity contribution >= 4 is 40.3 Å². The standard InChI is InChI=1S/C37H43N5O3/c1-22-9-20-33(29-7-6-8-32(23(29)2)41-36(44)25-10-14-26(15-11-25)37(3,4)5)40-35(34(22)43)39-28-18-19-30(31(38)21-28)24-12-16-27(42-45)17-13-24/h6-8,10-11,14-15,18-22,24,27H,9,12-13,16-17,38H2,1-5H3,(H,39,40)(H,41,44). The van der Waals surface area contributed by atoms with E-state index >= 15 is 0 Å². The van der Waals surface area contributed by atoms with Crippen LogP contribution in [-0.2, 0) is 10.2 Å². The van der Waals surface area contributed by atoms with Gasteiger partial charge in [0.25, 0.3) is 5.91 Å². The highest BCUT2D eigenvalue weighted by Crippen LogP contribution is 2.38. The molecule has 1 atom stereocenters. The molecule has 1 fully saturated rings. The number of hydrogen-bond acceptors (Lipinski definition) is 7. The molecule has 0 saturated heterocycles. The number of nitrogens with one attached hydrogen (secondary N) is 2. The van der Waals surface area contributed by atoms with Crippen LogP contribution in [0.5, 0.6) is 0 Å². The highest BCUT2D eigenvalue weighted by molar-refractivity contribution is 6.44. The third kappa shape index (κ3) is 7.22. The molecule has 0 spiro atoms. The third-order valence-corrected chi connectivity index (χ3v) is 9.08. The van der Waals surface area contributed by atoms with Gasteiger partial charge in [-0.15, -0.1) is 0 Å². The molecule has 1 saturated carbocycles. The first-order valence-electron chi connectivity index (χ1n) is 15.8. The fourth-order valence-electron chi connectivity index (χ4n) is 6.13. The second-order valence-electron chi connectivity index (χ2n) is 13.4. The number of carbonyl (C=O) groups is 2. The zero-order chi connectivity index (χ0) is 32.3. The Labute approximate surface area is 265 Å². The maximum absolute atomic E-state index is 13.4. The minimum absolute atomic E-state index is 0.00537. The van der Waals surface area contributed by atoms with Crippen molar-refractivity contribution in [2.75, 3.05) is 16.4 Å². The first-order chi connectivity index (χ1) is 21.4. The summed E-state index contributed by atoms with van der Waals surface area (Å²) < 4.78 is 0. The summed E-state index contributed by atoms with van der Waals surface area (Å²) in [4.78, 5) is 42.3. The van der Waals surface area contributed by atoms with Crippen LogP contribution in [0.15, 0.2) is 76.9 Å². The van der Waals surface area contributed by atoms with Crippen molar-refractivity contribution in [3.05, 3.63) is 99.5 Å². The number of amidine groups is 1. The summed E-state index contributed by atoms with van der Waals surface area (Å²) in [5.74, 6) is 0.0242. The molecule has 1 aliphatic carbocycles. The first kappa shape index (κ1) is 31.8. The number of nitrogens with zero attached hydrogens (tertiary/aromatic N) is 2. The van der Waals surface area contributed by atoms with E-state index in [1.54, 1.807) is 0 Å². The Bertz CT molecular complexity index is 1660. The Kier molecular flexibility index (Phi) is 9.32. The molecule has 2 aliphatic rings. The van der Waals surface area contributed by atoms with Gasteiger partial charge in [-0.3, -0.25) is 9.59 Å². The van der Waals surface area contributed by atoms with Crippen LogP contribution in [0, 0.1) is 17.7 Å². The van der Waals surface area contributed by atoms with Crippen LogP contribution >= 0.6 is 0 Å². The highest BCUT2D eigenvalue weighted by atomic mass is 16.3. The highest BCUT2D eigenvalue weighted by Gasteiger charge is 2.26. The van der Waals surface area contributed by atoms with Crippen molar-refractivity contribution < 1.29 is 9.59 Å². The molecular formula is C37H43N5O3. The predicted octanol–water partition coefficient (Wildman–Crippen LogP) is 8.38. The van der Waals surface area contributed by atoms with Crippen LogP contribution in [0.25, 0.3) is 5.70 Å². The Morgan fingerprint density at radius 2 is 1.71 bits per heavy atom. The van der Waals surface area contributed by atoms with Gasteiger partial charge in [0.2, 0.25) is 5.78 Å². The van der Waals surface area contributed by atoms with Crippen molar-refractivity contribution in [1.82, 2.24) is 0 Å². The van der Waals surface area contributed by atoms with Gasteiger partial charge in [0.1, 0.15) is 0 Å². The van der Waals surface area contributed by atoms with E-state index in [4.69, 9.17) is 10.7 Å². The van der Waals surface area contributed by atoms with Gasteiger partial charge in [-0.1, -0.05) is 69.3 Å². The van der Waals surface area contributed by atoms with Gasteiger partial charge in [-0.25, -0.2) is 4.99 Å². The number of rotatable bonds is 6. The topological polar surface area (TPSA) is 126 Å². The van der Waals surface area contributed by atoms with E-state index in [-0.39, 0.29) is 34.9 Å². The number of amides is 1. The number of allylic oxidation sites excluding steroid dienone is 1. The van der Waals surface area contributed by atoms with Gasteiger partial charge < -0.3 is 16.4 Å². The average Bonchev–Trinajstić information content (AvgIpc) is 3.16. The minimum atomic E-state index is -0.258. The van der Waals surface area contributed by atoms with Crippen molar-refractivity contribution in [1.29, 1.82) is 0 Å². The lowest BCUT2D eigenvalue weighted by Crippen LogP contribution is -2.27. The van der Waals surface area contributed by atoms with E-state index in [9.17, 15) is 14.5 Å². The summed E-state index contributed by atoms with van der Waals surface area (Å²) in [7, 11) is 0. The molecular weight excluding hydrogens is 562 g/mol. The molecule has 45 heavy (non-hydrogen) atoms. The van der Waals surface area contributed by atoms with Crippen LogP contribution in [0.4, 0.5) is 17.1 Å². The molecule has 4 N–H and O–H groups in total. The zero-order valence-corrected chi connectivity index (χ0v) is 26.8. The molecule has 1 aliphatic heterocycles. The molecule has 1 heterocycles. The van der Waals surface area contributed by atoms with Gasteiger partial charge in [0.15, 0.2) is 5.84 Å². The van der Waals surface area contributed by atoms with Crippen LogP contribution in [0.3, 0.4) is 0 Å². The summed E-state index contributed by atoms with van der Waals surface area (Å²) in [6.07, 6.45) is 5.84. The zero-order valence-electron chi connectivity index (χ0n) is 26.8. The molecule has 0 aromatic heterocycles. The van der Waals surface area contributed by atoms with E-state index in [2.05, 4.69) is 36.6 Å². The molecule has 1 unspecified atom stereocenters. The van der Waals surface area contributed by atoms with E-state index in [1.807, 2.05) is 80.6 Å². The molecule has 3 aromatic rings. The van der Waals surface area contributed by atoms with E-state index in [0.29, 0.717) is 40.7 Å². The van der Waals surface area contributed by atoms with Crippen molar-refractivity contribution in [2.45, 2.75) is 84.1 Å². The molecule has 8 nitrogen and oxygen atoms in total. The smallest absolute Gasteiger partial charge is 0.255 e. The fraction of sp³-hybridized carbons (Fsp3) is 0.378. The number of carbonyl (C=O) groups excluding carboxylic acids is 2. The quantitative estimate of drug-likeness (QED) is 0.192. The fourth-order valence-corrected chi connectivity index (χ4v) is 6.13. The molecule has 8 heteroatoms. The van der Waals surface area contributed by atoms with Crippen LogP contribution in [0.1, 0.15) is 98.3 Å². The van der Waals surface area contributed by atoms with Crippen LogP contribution < -0.4 is 16.4 Å². The lowest BCUT2D eigenvalue weighted by Gasteiger charge is -2.26. The number of nitrogen functional groups attached to an aromatic ring is 1. The second kappa shape index (κ2) is 13.2. The third-order valence-electron chi connectivity index (χ3n) is 9.08. The van der Waals surface area contributed by atoms with Crippen molar-refractivity contribution in [2.24, 2.45) is 16.1 Å². The summed E-state index contributed by atoms with van der Waals surface area (Å²) >= 11 is 0. The van der Waals surface area contributed by atoms with Gasteiger partial charge in [0.05, 0.1) is 11.7 Å². The van der Waals surface area contributed by atoms with E-state index < -0.39 is 0 Å². The normalized spacial score (nSPS) is 20.5. The monoisotopic (exact) mass is 605 g/mol. The lowest BCUT2D eigenvalue weighted by molar-refractivity contribution is -0.115. The average molecular weight is 606 g/mol. The van der Waals surface area contributed by atoms with Crippen LogP contribution in [0.2, 0.25) is 0 Å². The Morgan fingerprint density at radius 1 is 1.00 bits per heavy atom. The maximum Gasteiger partial charge on any atom is 0.255 e. The van der Waals surface area contributed by atoms with Gasteiger partial charge >= 0.3 is 0 Å². The number of ketones is 1. The first-order valence-corrected chi connectivity index (χ1v) is 15.8. The summed E-state index contributed by atoms with van der Waals surface area (Å²) in [6, 6.07) is 19.1. The van der Waals surface area contributed by atoms with E-state index in [1.165, 1.54) is 0 Å². The van der Waals surface area contributed by atoms with Crippen molar-refractivity contribution in [3.63, 3.8) is 0 Å². The van der Waals surface area contributed by atoms with Gasteiger partial charge in [-0.05, 0) is 97.4 Å². The molecule has 5 rings (SSSR count).